The Morgan fingerprint density at radius 3 is 1.90 bits per heavy atom. The highest BCUT2D eigenvalue weighted by Gasteiger charge is 2.22. The van der Waals surface area contributed by atoms with Crippen LogP contribution in [0.1, 0.15) is 5.56 Å². The maximum atomic E-state index is 12.9. The molecule has 4 nitrogen and oxygen atoms in total. The Balaban J connectivity index is 1.84. The van der Waals surface area contributed by atoms with Gasteiger partial charge in [-0.3, -0.25) is 10.1 Å². The van der Waals surface area contributed by atoms with Gasteiger partial charge < -0.3 is 5.32 Å². The molecule has 2 aromatic rings. The lowest BCUT2D eigenvalue weighted by atomic mass is 10.0. The Morgan fingerprint density at radius 2 is 1.38 bits per heavy atom. The number of amides is 3. The van der Waals surface area contributed by atoms with Gasteiger partial charge in [-0.15, -0.1) is 0 Å². The first-order valence-corrected chi connectivity index (χ1v) is 6.32. The minimum atomic E-state index is -0.519. The number of rotatable bonds is 2. The first-order chi connectivity index (χ1) is 10.1. The molecule has 2 N–H and O–H groups in total. The van der Waals surface area contributed by atoms with E-state index >= 15 is 0 Å². The van der Waals surface area contributed by atoms with Crippen molar-refractivity contribution >= 4 is 18.0 Å². The average Bonchev–Trinajstić information content (AvgIpc) is 2.79. The van der Waals surface area contributed by atoms with Crippen LogP contribution in [-0.4, -0.2) is 11.9 Å². The standard InChI is InChI=1S/C16H11FN2O2/c17-13-7-5-12(6-8-13)11-3-1-10(2-4-11)9-14-15(20)19-16(21)18-14/h1-9H,(H2,18,19,20,21)/b14-9-. The number of halogens is 1. The van der Waals surface area contributed by atoms with Gasteiger partial charge >= 0.3 is 6.03 Å². The largest absolute Gasteiger partial charge is 0.326 e. The molecule has 2 aromatic carbocycles. The fraction of sp³-hybridized carbons (Fsp3) is 0. The summed E-state index contributed by atoms with van der Waals surface area (Å²) in [4.78, 5) is 22.4. The van der Waals surface area contributed by atoms with Gasteiger partial charge in [0, 0.05) is 0 Å². The zero-order chi connectivity index (χ0) is 14.8. The highest BCUT2D eigenvalue weighted by molar-refractivity contribution is 6.13. The third kappa shape index (κ3) is 2.81. The van der Waals surface area contributed by atoms with Crippen LogP contribution in [0.2, 0.25) is 0 Å². The van der Waals surface area contributed by atoms with Gasteiger partial charge in [0.05, 0.1) is 0 Å². The van der Waals surface area contributed by atoms with Gasteiger partial charge in [-0.2, -0.15) is 0 Å². The summed E-state index contributed by atoms with van der Waals surface area (Å²) < 4.78 is 12.9. The summed E-state index contributed by atoms with van der Waals surface area (Å²) in [5.41, 5.74) is 2.85. The number of imide groups is 1. The van der Waals surface area contributed by atoms with Gasteiger partial charge in [0.15, 0.2) is 0 Å². The van der Waals surface area contributed by atoms with E-state index in [-0.39, 0.29) is 11.5 Å². The molecule has 1 aliphatic heterocycles. The number of hydrogen-bond acceptors (Lipinski definition) is 2. The van der Waals surface area contributed by atoms with Gasteiger partial charge in [0.25, 0.3) is 5.91 Å². The molecule has 3 rings (SSSR count). The van der Waals surface area contributed by atoms with Crippen LogP contribution in [0.4, 0.5) is 9.18 Å². The number of carbonyl (C=O) groups is 2. The van der Waals surface area contributed by atoms with Crippen LogP contribution in [0.3, 0.4) is 0 Å². The number of hydrogen-bond donors (Lipinski definition) is 2. The number of nitrogens with one attached hydrogen (secondary N) is 2. The number of benzene rings is 2. The average molecular weight is 282 g/mol. The van der Waals surface area contributed by atoms with Crippen molar-refractivity contribution < 1.29 is 14.0 Å². The highest BCUT2D eigenvalue weighted by Crippen LogP contribution is 2.21. The van der Waals surface area contributed by atoms with E-state index in [1.165, 1.54) is 12.1 Å². The number of urea groups is 1. The summed E-state index contributed by atoms with van der Waals surface area (Å²) in [6.07, 6.45) is 1.59. The highest BCUT2D eigenvalue weighted by atomic mass is 19.1. The van der Waals surface area contributed by atoms with E-state index in [0.29, 0.717) is 0 Å². The molecule has 104 valence electrons. The van der Waals surface area contributed by atoms with Crippen molar-refractivity contribution in [3.05, 3.63) is 65.6 Å². The Kier molecular flexibility index (Phi) is 3.23. The lowest BCUT2D eigenvalue weighted by molar-refractivity contribution is -0.115. The lowest BCUT2D eigenvalue weighted by Crippen LogP contribution is -2.22. The van der Waals surface area contributed by atoms with Gasteiger partial charge in [-0.25, -0.2) is 9.18 Å². The molecule has 1 saturated heterocycles. The molecule has 0 saturated carbocycles. The lowest BCUT2D eigenvalue weighted by Gasteiger charge is -2.02. The van der Waals surface area contributed by atoms with E-state index in [1.54, 1.807) is 18.2 Å². The van der Waals surface area contributed by atoms with Crippen molar-refractivity contribution in [2.24, 2.45) is 0 Å². The maximum absolute atomic E-state index is 12.9. The SMILES string of the molecule is O=C1NC(=O)/C(=C/c2ccc(-c3ccc(F)cc3)cc2)N1. The molecule has 0 unspecified atom stereocenters. The van der Waals surface area contributed by atoms with Crippen molar-refractivity contribution in [3.8, 4) is 11.1 Å². The molecule has 0 spiro atoms. The molecule has 0 aliphatic carbocycles. The van der Waals surface area contributed by atoms with Gasteiger partial charge in [0.2, 0.25) is 0 Å². The van der Waals surface area contributed by atoms with Crippen molar-refractivity contribution in [3.63, 3.8) is 0 Å². The van der Waals surface area contributed by atoms with E-state index in [9.17, 15) is 14.0 Å². The summed E-state index contributed by atoms with van der Waals surface area (Å²) in [6, 6.07) is 13.1. The van der Waals surface area contributed by atoms with Crippen LogP contribution in [-0.2, 0) is 4.79 Å². The van der Waals surface area contributed by atoms with Crippen LogP contribution < -0.4 is 10.6 Å². The molecule has 21 heavy (non-hydrogen) atoms. The minimum Gasteiger partial charge on any atom is -0.303 e. The zero-order valence-corrected chi connectivity index (χ0v) is 10.9. The smallest absolute Gasteiger partial charge is 0.303 e. The molecular formula is C16H11FN2O2. The van der Waals surface area contributed by atoms with E-state index in [1.807, 2.05) is 24.3 Å². The predicted molar refractivity (Wildman–Crippen MR) is 76.5 cm³/mol. The minimum absolute atomic E-state index is 0.217. The molecule has 0 aromatic heterocycles. The van der Waals surface area contributed by atoms with Gasteiger partial charge in [-0.05, 0) is 34.9 Å². The van der Waals surface area contributed by atoms with Crippen LogP contribution in [0.5, 0.6) is 0 Å². The molecule has 1 heterocycles. The van der Waals surface area contributed by atoms with Gasteiger partial charge in [0.1, 0.15) is 11.5 Å². The van der Waals surface area contributed by atoms with Crippen LogP contribution in [0.15, 0.2) is 54.2 Å². The third-order valence-electron chi connectivity index (χ3n) is 3.12. The fourth-order valence-corrected chi connectivity index (χ4v) is 2.06. The second-order valence-electron chi connectivity index (χ2n) is 4.60. The van der Waals surface area contributed by atoms with Crippen molar-refractivity contribution in [2.45, 2.75) is 0 Å². The van der Waals surface area contributed by atoms with E-state index in [0.717, 1.165) is 16.7 Å². The first-order valence-electron chi connectivity index (χ1n) is 6.32. The predicted octanol–water partition coefficient (Wildman–Crippen LogP) is 2.67. The molecule has 1 aliphatic rings. The molecule has 0 bridgehead atoms. The van der Waals surface area contributed by atoms with E-state index < -0.39 is 11.9 Å². The summed E-state index contributed by atoms with van der Waals surface area (Å²) in [5.74, 6) is -0.717. The monoisotopic (exact) mass is 282 g/mol. The Morgan fingerprint density at radius 1 is 0.810 bits per heavy atom. The van der Waals surface area contributed by atoms with Crippen LogP contribution in [0, 0.1) is 5.82 Å². The van der Waals surface area contributed by atoms with Crippen molar-refractivity contribution in [1.29, 1.82) is 0 Å². The summed E-state index contributed by atoms with van der Waals surface area (Å²) in [5, 5.41) is 4.56. The quantitative estimate of drug-likeness (QED) is 0.657. The topological polar surface area (TPSA) is 58.2 Å². The molecule has 1 fully saturated rings. The third-order valence-corrected chi connectivity index (χ3v) is 3.12. The fourth-order valence-electron chi connectivity index (χ4n) is 2.06. The molecule has 0 radical (unpaired) electrons. The normalized spacial score (nSPS) is 16.0. The molecule has 0 atom stereocenters. The Bertz CT molecular complexity index is 734. The first kappa shape index (κ1) is 13.1. The molecule has 3 amide bonds. The van der Waals surface area contributed by atoms with Crippen LogP contribution in [0.25, 0.3) is 17.2 Å². The van der Waals surface area contributed by atoms with Crippen molar-refractivity contribution in [1.82, 2.24) is 10.6 Å². The Labute approximate surface area is 120 Å². The second-order valence-corrected chi connectivity index (χ2v) is 4.60. The van der Waals surface area contributed by atoms with Crippen LogP contribution >= 0.6 is 0 Å². The van der Waals surface area contributed by atoms with E-state index in [2.05, 4.69) is 10.6 Å². The molecular weight excluding hydrogens is 271 g/mol. The summed E-state index contributed by atoms with van der Waals surface area (Å²) >= 11 is 0. The second kappa shape index (κ2) is 5.20. The zero-order valence-electron chi connectivity index (χ0n) is 10.9. The number of carbonyl (C=O) groups excluding carboxylic acids is 2. The van der Waals surface area contributed by atoms with Crippen molar-refractivity contribution in [2.75, 3.05) is 0 Å². The molecule has 5 heteroatoms. The summed E-state index contributed by atoms with van der Waals surface area (Å²) in [7, 11) is 0. The summed E-state index contributed by atoms with van der Waals surface area (Å²) in [6.45, 7) is 0. The maximum Gasteiger partial charge on any atom is 0.326 e. The van der Waals surface area contributed by atoms with Gasteiger partial charge in [-0.1, -0.05) is 36.4 Å². The Hall–Kier alpha value is -2.95. The van der Waals surface area contributed by atoms with E-state index in [4.69, 9.17) is 0 Å².